The lowest BCUT2D eigenvalue weighted by Crippen LogP contribution is -2.49. The Morgan fingerprint density at radius 3 is 2.74 bits per heavy atom. The fraction of sp³-hybridized carbons (Fsp3) is 0.714. The highest BCUT2D eigenvalue weighted by atomic mass is 32.1. The van der Waals surface area contributed by atoms with Crippen LogP contribution in [0.4, 0.5) is 0 Å². The normalized spacial score (nSPS) is 19.1. The van der Waals surface area contributed by atoms with Crippen LogP contribution in [-0.4, -0.2) is 16.4 Å². The lowest BCUT2D eigenvalue weighted by atomic mass is 9.80. The summed E-state index contributed by atoms with van der Waals surface area (Å²) in [6, 6.07) is 0. The molecule has 106 valence electrons. The monoisotopic (exact) mass is 281 g/mol. The summed E-state index contributed by atoms with van der Waals surface area (Å²) >= 11 is 1.56. The van der Waals surface area contributed by atoms with Gasteiger partial charge in [0.15, 0.2) is 0 Å². The van der Waals surface area contributed by atoms with Crippen molar-refractivity contribution in [3.8, 4) is 0 Å². The smallest absolute Gasteiger partial charge is 0.222 e. The van der Waals surface area contributed by atoms with E-state index in [1.165, 1.54) is 6.42 Å². The van der Waals surface area contributed by atoms with Gasteiger partial charge in [-0.2, -0.15) is 0 Å². The van der Waals surface area contributed by atoms with Crippen LogP contribution in [0, 0.1) is 0 Å². The first-order valence-corrected chi connectivity index (χ1v) is 7.79. The molecule has 1 aliphatic carbocycles. The van der Waals surface area contributed by atoms with Gasteiger partial charge in [-0.25, -0.2) is 4.98 Å². The number of rotatable bonds is 4. The first kappa shape index (κ1) is 14.5. The van der Waals surface area contributed by atoms with Crippen LogP contribution in [0.1, 0.15) is 57.4 Å². The molecule has 1 aromatic rings. The predicted molar refractivity (Wildman–Crippen MR) is 77.9 cm³/mol. The number of carbonyl (C=O) groups is 1. The summed E-state index contributed by atoms with van der Waals surface area (Å²) in [7, 11) is 0. The molecule has 0 aliphatic heterocycles. The highest BCUT2D eigenvalue weighted by Crippen LogP contribution is 2.29. The first-order valence-electron chi connectivity index (χ1n) is 6.91. The number of amides is 1. The van der Waals surface area contributed by atoms with E-state index >= 15 is 0 Å². The van der Waals surface area contributed by atoms with Crippen LogP contribution in [0.3, 0.4) is 0 Å². The molecule has 0 radical (unpaired) electrons. The molecule has 4 nitrogen and oxygen atoms in total. The largest absolute Gasteiger partial charge is 0.345 e. The topological polar surface area (TPSA) is 68.0 Å². The number of aromatic nitrogens is 1. The van der Waals surface area contributed by atoms with E-state index < -0.39 is 5.54 Å². The average molecular weight is 281 g/mol. The van der Waals surface area contributed by atoms with Crippen LogP contribution >= 0.6 is 11.3 Å². The van der Waals surface area contributed by atoms with Crippen LogP contribution in [0.2, 0.25) is 0 Å². The Morgan fingerprint density at radius 1 is 1.47 bits per heavy atom. The van der Waals surface area contributed by atoms with Crippen molar-refractivity contribution in [2.24, 2.45) is 5.73 Å². The fourth-order valence-electron chi connectivity index (χ4n) is 2.73. The van der Waals surface area contributed by atoms with Gasteiger partial charge in [0, 0.05) is 23.5 Å². The lowest BCUT2D eigenvalue weighted by Gasteiger charge is -2.34. The van der Waals surface area contributed by atoms with E-state index in [1.807, 2.05) is 19.2 Å². The third-order valence-corrected chi connectivity index (χ3v) is 4.88. The van der Waals surface area contributed by atoms with Crippen LogP contribution in [0.15, 0.2) is 11.6 Å². The second kappa shape index (κ2) is 5.59. The van der Waals surface area contributed by atoms with Gasteiger partial charge >= 0.3 is 0 Å². The number of nitrogens with one attached hydrogen (secondary N) is 1. The zero-order chi connectivity index (χ0) is 13.9. The minimum Gasteiger partial charge on any atom is -0.345 e. The van der Waals surface area contributed by atoms with Crippen LogP contribution in [-0.2, 0) is 10.3 Å². The van der Waals surface area contributed by atoms with Gasteiger partial charge in [-0.3, -0.25) is 4.79 Å². The Morgan fingerprint density at radius 2 is 2.16 bits per heavy atom. The van der Waals surface area contributed by atoms with Crippen molar-refractivity contribution < 1.29 is 4.79 Å². The van der Waals surface area contributed by atoms with Gasteiger partial charge in [-0.15, -0.1) is 11.3 Å². The van der Waals surface area contributed by atoms with E-state index in [1.54, 1.807) is 17.5 Å². The lowest BCUT2D eigenvalue weighted by molar-refractivity contribution is -0.124. The SMILES string of the molecule is CC(C)(NC(=O)CC1(N)CCCCC1)c1nccs1. The van der Waals surface area contributed by atoms with Crippen molar-refractivity contribution in [1.82, 2.24) is 10.3 Å². The third kappa shape index (κ3) is 3.76. The number of nitrogens with zero attached hydrogens (tertiary/aromatic N) is 1. The maximum atomic E-state index is 12.2. The molecule has 1 amide bonds. The molecule has 19 heavy (non-hydrogen) atoms. The summed E-state index contributed by atoms with van der Waals surface area (Å²) < 4.78 is 0. The summed E-state index contributed by atoms with van der Waals surface area (Å²) in [5.41, 5.74) is 5.60. The standard InChI is InChI=1S/C14H23N3OS/c1-13(2,12-16-8-9-19-12)17-11(18)10-14(15)6-4-3-5-7-14/h8-9H,3-7,10,15H2,1-2H3,(H,17,18). The second-order valence-corrected chi connectivity index (χ2v) is 7.00. The number of hydrogen-bond donors (Lipinski definition) is 2. The molecule has 2 rings (SSSR count). The molecule has 1 aromatic heterocycles. The van der Waals surface area contributed by atoms with Gasteiger partial charge in [0.05, 0.1) is 5.54 Å². The third-order valence-electron chi connectivity index (χ3n) is 3.78. The van der Waals surface area contributed by atoms with E-state index in [0.29, 0.717) is 6.42 Å². The van der Waals surface area contributed by atoms with Gasteiger partial charge < -0.3 is 11.1 Å². The molecule has 1 heterocycles. The Bertz CT molecular complexity index is 422. The first-order chi connectivity index (χ1) is 8.91. The highest BCUT2D eigenvalue weighted by Gasteiger charge is 2.32. The molecule has 1 fully saturated rings. The number of carbonyl (C=O) groups excluding carboxylic acids is 1. The summed E-state index contributed by atoms with van der Waals surface area (Å²) in [5.74, 6) is 0.0320. The van der Waals surface area contributed by atoms with Crippen LogP contribution in [0.25, 0.3) is 0 Å². The number of nitrogens with two attached hydrogens (primary N) is 1. The molecule has 5 heteroatoms. The zero-order valence-corrected chi connectivity index (χ0v) is 12.6. The van der Waals surface area contributed by atoms with Crippen LogP contribution < -0.4 is 11.1 Å². The van der Waals surface area contributed by atoms with E-state index in [2.05, 4.69) is 10.3 Å². The quantitative estimate of drug-likeness (QED) is 0.891. The number of hydrogen-bond acceptors (Lipinski definition) is 4. The Balaban J connectivity index is 1.94. The molecule has 0 spiro atoms. The zero-order valence-electron chi connectivity index (χ0n) is 11.7. The fourth-order valence-corrected chi connectivity index (χ4v) is 3.45. The maximum absolute atomic E-state index is 12.2. The van der Waals surface area contributed by atoms with Crippen molar-refractivity contribution >= 4 is 17.2 Å². The molecule has 0 unspecified atom stereocenters. The van der Waals surface area contributed by atoms with Gasteiger partial charge in [0.1, 0.15) is 5.01 Å². The van der Waals surface area contributed by atoms with Crippen LogP contribution in [0.5, 0.6) is 0 Å². The average Bonchev–Trinajstić information content (AvgIpc) is 2.81. The molecule has 0 saturated heterocycles. The van der Waals surface area contributed by atoms with Crippen molar-refractivity contribution in [3.05, 3.63) is 16.6 Å². The maximum Gasteiger partial charge on any atom is 0.222 e. The minimum atomic E-state index is -0.420. The molecule has 0 bridgehead atoms. The van der Waals surface area contributed by atoms with E-state index in [4.69, 9.17) is 5.73 Å². The van der Waals surface area contributed by atoms with Crippen molar-refractivity contribution in [3.63, 3.8) is 0 Å². The van der Waals surface area contributed by atoms with E-state index in [-0.39, 0.29) is 11.4 Å². The van der Waals surface area contributed by atoms with Crippen molar-refractivity contribution in [2.75, 3.05) is 0 Å². The molecular weight excluding hydrogens is 258 g/mol. The molecule has 1 aliphatic rings. The van der Waals surface area contributed by atoms with Gasteiger partial charge in [0.25, 0.3) is 0 Å². The summed E-state index contributed by atoms with van der Waals surface area (Å²) in [4.78, 5) is 16.5. The summed E-state index contributed by atoms with van der Waals surface area (Å²) in [6.07, 6.45) is 7.61. The van der Waals surface area contributed by atoms with Gasteiger partial charge in [-0.05, 0) is 26.7 Å². The molecule has 1 saturated carbocycles. The second-order valence-electron chi connectivity index (χ2n) is 6.11. The minimum absolute atomic E-state index is 0.0320. The van der Waals surface area contributed by atoms with E-state index in [0.717, 1.165) is 30.7 Å². The Hall–Kier alpha value is -0.940. The number of thiazole rings is 1. The van der Waals surface area contributed by atoms with Gasteiger partial charge in [0.2, 0.25) is 5.91 Å². The summed E-state index contributed by atoms with van der Waals surface area (Å²) in [5, 5.41) is 5.91. The van der Waals surface area contributed by atoms with Crippen molar-refractivity contribution in [1.29, 1.82) is 0 Å². The summed E-state index contributed by atoms with van der Waals surface area (Å²) in [6.45, 7) is 3.96. The van der Waals surface area contributed by atoms with Crippen molar-refractivity contribution in [2.45, 2.75) is 63.5 Å². The highest BCUT2D eigenvalue weighted by molar-refractivity contribution is 7.09. The van der Waals surface area contributed by atoms with E-state index in [9.17, 15) is 4.79 Å². The van der Waals surface area contributed by atoms with Gasteiger partial charge in [-0.1, -0.05) is 19.3 Å². The Labute approximate surface area is 118 Å². The molecule has 0 aromatic carbocycles. The molecule has 0 atom stereocenters. The Kier molecular flexibility index (Phi) is 4.26. The predicted octanol–water partition coefficient (Wildman–Crippen LogP) is 2.55. The molecule has 3 N–H and O–H groups in total. The molecular formula is C14H23N3OS.